The lowest BCUT2D eigenvalue weighted by atomic mass is 10.1. The highest BCUT2D eigenvalue weighted by Gasteiger charge is 2.18. The molecule has 1 atom stereocenters. The first-order valence-corrected chi connectivity index (χ1v) is 6.31. The average Bonchev–Trinajstić information content (AvgIpc) is 3.02. The number of ether oxygens (including phenoxy) is 1. The van der Waals surface area contributed by atoms with Gasteiger partial charge in [0.1, 0.15) is 5.76 Å². The minimum absolute atomic E-state index is 0.608. The number of hydrogen-bond donors (Lipinski definition) is 1. The molecule has 100 valence electrons. The van der Waals surface area contributed by atoms with Gasteiger partial charge in [-0.25, -0.2) is 0 Å². The Hall–Kier alpha value is -1.49. The van der Waals surface area contributed by atoms with Gasteiger partial charge in [-0.1, -0.05) is 0 Å². The van der Waals surface area contributed by atoms with Crippen LogP contribution in [0.15, 0.2) is 27.8 Å². The summed E-state index contributed by atoms with van der Waals surface area (Å²) in [5.74, 6) is 2.41. The largest absolute Gasteiger partial charge is 0.467 e. The maximum Gasteiger partial charge on any atom is 0.193 e. The first-order chi connectivity index (χ1) is 8.79. The van der Waals surface area contributed by atoms with Gasteiger partial charge in [-0.15, -0.1) is 0 Å². The number of hydrogen-bond acceptors (Lipinski definition) is 3. The zero-order valence-corrected chi connectivity index (χ0v) is 11.1. The molecule has 1 aliphatic heterocycles. The molecule has 1 fully saturated rings. The second-order valence-corrected chi connectivity index (χ2v) is 4.59. The van der Waals surface area contributed by atoms with E-state index in [1.54, 1.807) is 13.3 Å². The molecule has 0 spiro atoms. The van der Waals surface area contributed by atoms with Crippen LogP contribution in [0.4, 0.5) is 0 Å². The predicted molar refractivity (Wildman–Crippen MR) is 70.5 cm³/mol. The summed E-state index contributed by atoms with van der Waals surface area (Å²) in [5, 5.41) is 3.29. The van der Waals surface area contributed by atoms with Gasteiger partial charge in [0.25, 0.3) is 0 Å². The normalized spacial score (nSPS) is 20.1. The minimum atomic E-state index is 0.608. The standard InChI is InChI=1S/C13H21N3O2/c1-14-13(15-8-12-4-3-6-18-12)16(2)9-11-5-7-17-10-11/h3-4,6,11H,5,7-10H2,1-2H3,(H,14,15). The molecule has 1 unspecified atom stereocenters. The van der Waals surface area contributed by atoms with Crippen LogP contribution in [0, 0.1) is 5.92 Å². The lowest BCUT2D eigenvalue weighted by Gasteiger charge is -2.24. The van der Waals surface area contributed by atoms with E-state index in [9.17, 15) is 0 Å². The van der Waals surface area contributed by atoms with Crippen LogP contribution in [-0.2, 0) is 11.3 Å². The van der Waals surface area contributed by atoms with Gasteiger partial charge in [0.2, 0.25) is 0 Å². The Labute approximate surface area is 108 Å². The summed E-state index contributed by atoms with van der Waals surface area (Å²) in [4.78, 5) is 6.42. The quantitative estimate of drug-likeness (QED) is 0.648. The third kappa shape index (κ3) is 3.50. The van der Waals surface area contributed by atoms with Gasteiger partial charge in [-0.3, -0.25) is 4.99 Å². The van der Waals surface area contributed by atoms with E-state index in [1.165, 1.54) is 0 Å². The zero-order chi connectivity index (χ0) is 12.8. The molecule has 1 N–H and O–H groups in total. The Bertz CT molecular complexity index is 370. The van der Waals surface area contributed by atoms with Gasteiger partial charge >= 0.3 is 0 Å². The van der Waals surface area contributed by atoms with Gasteiger partial charge < -0.3 is 19.4 Å². The Morgan fingerprint density at radius 1 is 1.61 bits per heavy atom. The molecule has 0 aromatic carbocycles. The van der Waals surface area contributed by atoms with E-state index in [1.807, 2.05) is 12.1 Å². The second-order valence-electron chi connectivity index (χ2n) is 4.59. The topological polar surface area (TPSA) is 50.0 Å². The molecule has 1 aromatic heterocycles. The van der Waals surface area contributed by atoms with Crippen LogP contribution < -0.4 is 5.32 Å². The van der Waals surface area contributed by atoms with Gasteiger partial charge in [-0.05, 0) is 18.6 Å². The van der Waals surface area contributed by atoms with Crippen molar-refractivity contribution in [3.8, 4) is 0 Å². The Kier molecular flexibility index (Phi) is 4.64. The number of rotatable bonds is 4. The van der Waals surface area contributed by atoms with E-state index < -0.39 is 0 Å². The van der Waals surface area contributed by atoms with Crippen LogP contribution in [-0.4, -0.2) is 44.7 Å². The summed E-state index contributed by atoms with van der Waals surface area (Å²) in [6, 6.07) is 3.84. The fraction of sp³-hybridized carbons (Fsp3) is 0.615. The SMILES string of the molecule is CN=C(NCc1ccco1)N(C)CC1CCOC1. The molecule has 0 aliphatic carbocycles. The first kappa shape index (κ1) is 13.0. The van der Waals surface area contributed by atoms with E-state index in [0.29, 0.717) is 12.5 Å². The van der Waals surface area contributed by atoms with Crippen molar-refractivity contribution in [2.45, 2.75) is 13.0 Å². The van der Waals surface area contributed by atoms with Crippen LogP contribution in [0.1, 0.15) is 12.2 Å². The molecule has 2 rings (SSSR count). The van der Waals surface area contributed by atoms with Gasteiger partial charge in [-0.2, -0.15) is 0 Å². The van der Waals surface area contributed by atoms with Crippen molar-refractivity contribution in [3.05, 3.63) is 24.2 Å². The molecule has 1 aromatic rings. The summed E-state index contributed by atoms with van der Waals surface area (Å²) in [6.07, 6.45) is 2.82. The molecular weight excluding hydrogens is 230 g/mol. The van der Waals surface area contributed by atoms with E-state index in [4.69, 9.17) is 9.15 Å². The monoisotopic (exact) mass is 251 g/mol. The minimum Gasteiger partial charge on any atom is -0.467 e. The summed E-state index contributed by atoms with van der Waals surface area (Å²) in [6.45, 7) is 3.37. The molecule has 2 heterocycles. The summed E-state index contributed by atoms with van der Waals surface area (Å²) < 4.78 is 10.7. The fourth-order valence-electron chi connectivity index (χ4n) is 2.17. The molecule has 0 radical (unpaired) electrons. The maximum atomic E-state index is 5.39. The Balaban J connectivity index is 1.80. The van der Waals surface area contributed by atoms with Crippen LogP contribution in [0.25, 0.3) is 0 Å². The van der Waals surface area contributed by atoms with Gasteiger partial charge in [0.05, 0.1) is 19.4 Å². The number of guanidine groups is 1. The van der Waals surface area contributed by atoms with E-state index >= 15 is 0 Å². The summed E-state index contributed by atoms with van der Waals surface area (Å²) >= 11 is 0. The maximum absolute atomic E-state index is 5.39. The van der Waals surface area contributed by atoms with Crippen molar-refractivity contribution in [2.75, 3.05) is 33.9 Å². The lowest BCUT2D eigenvalue weighted by molar-refractivity contribution is 0.181. The molecule has 0 amide bonds. The van der Waals surface area contributed by atoms with Crippen molar-refractivity contribution in [1.29, 1.82) is 0 Å². The van der Waals surface area contributed by atoms with E-state index in [2.05, 4.69) is 22.3 Å². The Morgan fingerprint density at radius 2 is 2.50 bits per heavy atom. The highest BCUT2D eigenvalue weighted by Crippen LogP contribution is 2.13. The molecular formula is C13H21N3O2. The Morgan fingerprint density at radius 3 is 3.11 bits per heavy atom. The molecule has 0 saturated carbocycles. The highest BCUT2D eigenvalue weighted by molar-refractivity contribution is 5.79. The molecule has 18 heavy (non-hydrogen) atoms. The predicted octanol–water partition coefficient (Wildman–Crippen LogP) is 1.32. The van der Waals surface area contributed by atoms with Gasteiger partial charge in [0, 0.05) is 33.2 Å². The van der Waals surface area contributed by atoms with Crippen LogP contribution in [0.2, 0.25) is 0 Å². The average molecular weight is 251 g/mol. The molecule has 5 heteroatoms. The summed E-state index contributed by atoms with van der Waals surface area (Å²) in [5.41, 5.74) is 0. The van der Waals surface area contributed by atoms with E-state index in [-0.39, 0.29) is 0 Å². The van der Waals surface area contributed by atoms with Crippen LogP contribution >= 0.6 is 0 Å². The molecule has 1 aliphatic rings. The molecule has 5 nitrogen and oxygen atoms in total. The first-order valence-electron chi connectivity index (χ1n) is 6.31. The third-order valence-corrected chi connectivity index (χ3v) is 3.13. The van der Waals surface area contributed by atoms with Gasteiger partial charge in [0.15, 0.2) is 5.96 Å². The number of nitrogens with zero attached hydrogens (tertiary/aromatic N) is 2. The second kappa shape index (κ2) is 6.44. The van der Waals surface area contributed by atoms with Crippen molar-refractivity contribution in [2.24, 2.45) is 10.9 Å². The van der Waals surface area contributed by atoms with Crippen molar-refractivity contribution < 1.29 is 9.15 Å². The smallest absolute Gasteiger partial charge is 0.193 e. The van der Waals surface area contributed by atoms with Crippen LogP contribution in [0.5, 0.6) is 0 Å². The molecule has 0 bridgehead atoms. The van der Waals surface area contributed by atoms with E-state index in [0.717, 1.165) is 37.9 Å². The molecule has 1 saturated heterocycles. The summed E-state index contributed by atoms with van der Waals surface area (Å²) in [7, 11) is 3.85. The third-order valence-electron chi connectivity index (χ3n) is 3.13. The zero-order valence-electron chi connectivity index (χ0n) is 11.1. The van der Waals surface area contributed by atoms with Crippen LogP contribution in [0.3, 0.4) is 0 Å². The van der Waals surface area contributed by atoms with Crippen molar-refractivity contribution in [3.63, 3.8) is 0 Å². The fourth-order valence-corrected chi connectivity index (χ4v) is 2.17. The highest BCUT2D eigenvalue weighted by atomic mass is 16.5. The number of nitrogens with one attached hydrogen (secondary N) is 1. The lowest BCUT2D eigenvalue weighted by Crippen LogP contribution is -2.41. The number of aliphatic imine (C=N–C) groups is 1. The van der Waals surface area contributed by atoms with Crippen molar-refractivity contribution in [1.82, 2.24) is 10.2 Å². The number of furan rings is 1. The van der Waals surface area contributed by atoms with Crippen molar-refractivity contribution >= 4 is 5.96 Å².